The highest BCUT2D eigenvalue weighted by molar-refractivity contribution is 5.79. The van der Waals surface area contributed by atoms with Gasteiger partial charge in [0.05, 0.1) is 5.92 Å². The summed E-state index contributed by atoms with van der Waals surface area (Å²) in [5.41, 5.74) is 1.50. The number of carbonyl (C=O) groups is 2. The van der Waals surface area contributed by atoms with Gasteiger partial charge in [0, 0.05) is 25.8 Å². The minimum atomic E-state index is -0.452. The molecular formula is C25H29NO4. The van der Waals surface area contributed by atoms with E-state index in [2.05, 4.69) is 11.9 Å². The number of esters is 2. The third kappa shape index (κ3) is 4.26. The molecule has 2 aromatic rings. The molecule has 2 heterocycles. The standard InChI is InChI=1S/C25H29NO4/c1-18(27)29-22-12-10-19(11-13-22)17-23(20-7-4-3-5-8-20)24(28)30-25-15-6-9-21(14-16-25)26(25)2/h3-5,7-8,10-13,21,23H,6,9,14-17H2,1-2H3/t21-,23?,25-/m1/s1. The van der Waals surface area contributed by atoms with Crippen LogP contribution >= 0.6 is 0 Å². The van der Waals surface area contributed by atoms with Crippen molar-refractivity contribution < 1.29 is 19.1 Å². The molecule has 0 saturated carbocycles. The van der Waals surface area contributed by atoms with Crippen LogP contribution in [-0.4, -0.2) is 35.7 Å². The van der Waals surface area contributed by atoms with E-state index in [-0.39, 0.29) is 17.9 Å². The van der Waals surface area contributed by atoms with Gasteiger partial charge in [0.2, 0.25) is 0 Å². The number of carbonyl (C=O) groups excluding carboxylic acids is 2. The maximum absolute atomic E-state index is 13.4. The molecular weight excluding hydrogens is 378 g/mol. The van der Waals surface area contributed by atoms with E-state index >= 15 is 0 Å². The second-order valence-electron chi connectivity index (χ2n) is 8.47. The number of fused-ring (bicyclic) bond motifs is 2. The van der Waals surface area contributed by atoms with Crippen LogP contribution in [-0.2, 0) is 20.7 Å². The van der Waals surface area contributed by atoms with E-state index in [1.807, 2.05) is 42.5 Å². The molecule has 0 amide bonds. The highest BCUT2D eigenvalue weighted by atomic mass is 16.6. The van der Waals surface area contributed by atoms with Crippen molar-refractivity contribution in [3.63, 3.8) is 0 Å². The van der Waals surface area contributed by atoms with E-state index < -0.39 is 5.72 Å². The fourth-order valence-electron chi connectivity index (χ4n) is 4.90. The zero-order chi connectivity index (χ0) is 21.1. The van der Waals surface area contributed by atoms with Crippen LogP contribution in [0, 0.1) is 0 Å². The van der Waals surface area contributed by atoms with Crippen molar-refractivity contribution in [1.82, 2.24) is 4.90 Å². The molecule has 2 bridgehead atoms. The molecule has 4 rings (SSSR count). The predicted molar refractivity (Wildman–Crippen MR) is 114 cm³/mol. The van der Waals surface area contributed by atoms with Gasteiger partial charge in [-0.15, -0.1) is 0 Å². The molecule has 5 nitrogen and oxygen atoms in total. The fraction of sp³-hybridized carbons (Fsp3) is 0.440. The van der Waals surface area contributed by atoms with Gasteiger partial charge in [-0.25, -0.2) is 0 Å². The Labute approximate surface area is 178 Å². The summed E-state index contributed by atoms with van der Waals surface area (Å²) in [6, 6.07) is 17.7. The van der Waals surface area contributed by atoms with Gasteiger partial charge in [-0.3, -0.25) is 14.5 Å². The van der Waals surface area contributed by atoms with Crippen LogP contribution in [0.4, 0.5) is 0 Å². The number of piperidine rings is 1. The summed E-state index contributed by atoms with van der Waals surface area (Å²) in [5, 5.41) is 0. The molecule has 0 radical (unpaired) electrons. The Morgan fingerprint density at radius 1 is 1.07 bits per heavy atom. The molecule has 2 saturated heterocycles. The monoisotopic (exact) mass is 407 g/mol. The molecule has 1 unspecified atom stereocenters. The first-order valence-corrected chi connectivity index (χ1v) is 10.7. The number of rotatable bonds is 6. The van der Waals surface area contributed by atoms with E-state index in [4.69, 9.17) is 9.47 Å². The Hall–Kier alpha value is -2.66. The average Bonchev–Trinajstić information content (AvgIpc) is 2.90. The molecule has 2 aromatic carbocycles. The van der Waals surface area contributed by atoms with Crippen molar-refractivity contribution in [3.8, 4) is 5.75 Å². The third-order valence-corrected chi connectivity index (χ3v) is 6.57. The summed E-state index contributed by atoms with van der Waals surface area (Å²) >= 11 is 0. The second kappa shape index (κ2) is 8.60. The van der Waals surface area contributed by atoms with Crippen molar-refractivity contribution in [1.29, 1.82) is 0 Å². The van der Waals surface area contributed by atoms with E-state index in [1.165, 1.54) is 13.3 Å². The summed E-state index contributed by atoms with van der Waals surface area (Å²) in [6.07, 6.45) is 5.75. The number of benzene rings is 2. The minimum absolute atomic E-state index is 0.167. The van der Waals surface area contributed by atoms with Crippen molar-refractivity contribution in [3.05, 3.63) is 65.7 Å². The zero-order valence-electron chi connectivity index (χ0n) is 17.7. The third-order valence-electron chi connectivity index (χ3n) is 6.57. The SMILES string of the molecule is CC(=O)Oc1ccc(CC(C(=O)O[C@]23CCC[C@H](CC2)N3C)c2ccccc2)cc1. The summed E-state index contributed by atoms with van der Waals surface area (Å²) in [4.78, 5) is 26.9. The Bertz CT molecular complexity index is 891. The first-order valence-electron chi connectivity index (χ1n) is 10.7. The molecule has 3 atom stereocenters. The van der Waals surface area contributed by atoms with Crippen LogP contribution in [0.25, 0.3) is 0 Å². The first kappa shape index (κ1) is 20.6. The molecule has 0 aromatic heterocycles. The lowest BCUT2D eigenvalue weighted by Gasteiger charge is -2.42. The molecule has 2 aliphatic heterocycles. The van der Waals surface area contributed by atoms with Gasteiger partial charge in [0.1, 0.15) is 5.75 Å². The van der Waals surface area contributed by atoms with Crippen molar-refractivity contribution >= 4 is 11.9 Å². The summed E-state index contributed by atoms with van der Waals surface area (Å²) in [5.74, 6) is -0.391. The maximum atomic E-state index is 13.4. The molecule has 158 valence electrons. The lowest BCUT2D eigenvalue weighted by molar-refractivity contribution is -0.186. The molecule has 2 fully saturated rings. The van der Waals surface area contributed by atoms with Gasteiger partial charge in [0.25, 0.3) is 0 Å². The van der Waals surface area contributed by atoms with Gasteiger partial charge in [-0.05, 0) is 56.0 Å². The van der Waals surface area contributed by atoms with Crippen molar-refractivity contribution in [2.45, 2.75) is 63.1 Å². The lowest BCUT2D eigenvalue weighted by atomic mass is 9.91. The predicted octanol–water partition coefficient (Wildman–Crippen LogP) is 4.46. The van der Waals surface area contributed by atoms with Crippen LogP contribution in [0.3, 0.4) is 0 Å². The van der Waals surface area contributed by atoms with Crippen LogP contribution in [0.5, 0.6) is 5.75 Å². The van der Waals surface area contributed by atoms with Crippen LogP contribution < -0.4 is 4.74 Å². The van der Waals surface area contributed by atoms with Gasteiger partial charge in [-0.1, -0.05) is 42.5 Å². The van der Waals surface area contributed by atoms with Gasteiger partial charge >= 0.3 is 11.9 Å². The Balaban J connectivity index is 1.54. The van der Waals surface area contributed by atoms with Crippen LogP contribution in [0.1, 0.15) is 56.1 Å². The van der Waals surface area contributed by atoms with E-state index in [1.54, 1.807) is 12.1 Å². The van der Waals surface area contributed by atoms with Gasteiger partial charge in [0.15, 0.2) is 5.72 Å². The summed E-state index contributed by atoms with van der Waals surface area (Å²) in [6.45, 7) is 1.38. The molecule has 0 aliphatic carbocycles. The van der Waals surface area contributed by atoms with Crippen molar-refractivity contribution in [2.75, 3.05) is 7.05 Å². The number of ether oxygens (including phenoxy) is 2. The lowest BCUT2D eigenvalue weighted by Crippen LogP contribution is -2.51. The van der Waals surface area contributed by atoms with Crippen LogP contribution in [0.15, 0.2) is 54.6 Å². The van der Waals surface area contributed by atoms with Gasteiger partial charge in [-0.2, -0.15) is 0 Å². The smallest absolute Gasteiger partial charge is 0.315 e. The minimum Gasteiger partial charge on any atom is -0.443 e. The normalized spacial score (nSPS) is 24.3. The average molecular weight is 408 g/mol. The zero-order valence-corrected chi connectivity index (χ0v) is 17.7. The number of nitrogens with zero attached hydrogens (tertiary/aromatic N) is 1. The quantitative estimate of drug-likeness (QED) is 0.523. The molecule has 30 heavy (non-hydrogen) atoms. The highest BCUT2D eigenvalue weighted by Gasteiger charge is 2.50. The Morgan fingerprint density at radius 2 is 1.80 bits per heavy atom. The Kier molecular flexibility index (Phi) is 5.91. The number of hydrogen-bond acceptors (Lipinski definition) is 5. The molecule has 0 spiro atoms. The topological polar surface area (TPSA) is 55.8 Å². The molecule has 2 aliphatic rings. The maximum Gasteiger partial charge on any atom is 0.315 e. The Morgan fingerprint density at radius 3 is 2.50 bits per heavy atom. The first-order chi connectivity index (χ1) is 14.5. The summed E-state index contributed by atoms with van der Waals surface area (Å²) in [7, 11) is 2.09. The molecule has 5 heteroatoms. The largest absolute Gasteiger partial charge is 0.443 e. The number of hydrogen-bond donors (Lipinski definition) is 0. The van der Waals surface area contributed by atoms with E-state index in [0.29, 0.717) is 18.2 Å². The fourth-order valence-corrected chi connectivity index (χ4v) is 4.90. The molecule has 0 N–H and O–H groups in total. The summed E-state index contributed by atoms with van der Waals surface area (Å²) < 4.78 is 11.4. The van der Waals surface area contributed by atoms with E-state index in [0.717, 1.165) is 36.8 Å². The van der Waals surface area contributed by atoms with Gasteiger partial charge < -0.3 is 9.47 Å². The van der Waals surface area contributed by atoms with Crippen molar-refractivity contribution in [2.24, 2.45) is 0 Å². The highest BCUT2D eigenvalue weighted by Crippen LogP contribution is 2.44. The van der Waals surface area contributed by atoms with Crippen LogP contribution in [0.2, 0.25) is 0 Å². The van der Waals surface area contributed by atoms with E-state index in [9.17, 15) is 9.59 Å². The second-order valence-corrected chi connectivity index (χ2v) is 8.47.